The maximum atomic E-state index is 12.1. The van der Waals surface area contributed by atoms with Crippen molar-refractivity contribution in [3.8, 4) is 5.75 Å². The fraction of sp³-hybridized carbons (Fsp3) is 0.316. The molecule has 2 aromatic rings. The van der Waals surface area contributed by atoms with Gasteiger partial charge in [0.15, 0.2) is 5.96 Å². The molecule has 0 fully saturated rings. The van der Waals surface area contributed by atoms with Crippen LogP contribution in [0.3, 0.4) is 0 Å². The van der Waals surface area contributed by atoms with E-state index in [4.69, 9.17) is 4.74 Å². The molecule has 0 amide bonds. The minimum Gasteiger partial charge on any atom is -0.496 e. The number of ether oxygens (including phenoxy) is 1. The summed E-state index contributed by atoms with van der Waals surface area (Å²) < 4.78 is 32.2. The Kier molecular flexibility index (Phi) is 8.09. The van der Waals surface area contributed by atoms with E-state index in [1.807, 2.05) is 24.3 Å². The fourth-order valence-corrected chi connectivity index (χ4v) is 3.55. The summed E-state index contributed by atoms with van der Waals surface area (Å²) in [6.07, 6.45) is 0.783. The van der Waals surface area contributed by atoms with Crippen molar-refractivity contribution in [2.24, 2.45) is 4.99 Å². The van der Waals surface area contributed by atoms with Crippen LogP contribution in [0, 0.1) is 0 Å². The van der Waals surface area contributed by atoms with Crippen molar-refractivity contribution in [1.82, 2.24) is 15.4 Å². The maximum absolute atomic E-state index is 12.1. The summed E-state index contributed by atoms with van der Waals surface area (Å²) in [5, 5.41) is 6.29. The third-order valence-corrected chi connectivity index (χ3v) is 5.34. The van der Waals surface area contributed by atoms with Crippen LogP contribution in [0.15, 0.2) is 64.5 Å². The molecule has 0 radical (unpaired) electrons. The van der Waals surface area contributed by atoms with E-state index in [0.29, 0.717) is 19.0 Å². The van der Waals surface area contributed by atoms with Crippen molar-refractivity contribution in [1.29, 1.82) is 0 Å². The number of para-hydroxylation sites is 1. The number of sulfonamides is 1. The summed E-state index contributed by atoms with van der Waals surface area (Å²) in [4.78, 5) is 4.39. The standard InChI is InChI=1S/C19H26N4O3S/c1-20-19(21-13-12-16-8-6-7-11-18(16)26-2)22-14-15-23-27(24,25)17-9-4-3-5-10-17/h3-11,23H,12-15H2,1-2H3,(H2,20,21,22). The third-order valence-electron chi connectivity index (χ3n) is 3.87. The van der Waals surface area contributed by atoms with Gasteiger partial charge < -0.3 is 15.4 Å². The summed E-state index contributed by atoms with van der Waals surface area (Å²) in [5.41, 5.74) is 1.11. The van der Waals surface area contributed by atoms with Crippen LogP contribution in [-0.4, -0.2) is 48.2 Å². The van der Waals surface area contributed by atoms with Crippen molar-refractivity contribution in [3.63, 3.8) is 0 Å². The molecule has 2 rings (SSSR count). The van der Waals surface area contributed by atoms with Gasteiger partial charge in [-0.1, -0.05) is 36.4 Å². The van der Waals surface area contributed by atoms with Crippen molar-refractivity contribution >= 4 is 16.0 Å². The highest BCUT2D eigenvalue weighted by Crippen LogP contribution is 2.17. The van der Waals surface area contributed by atoms with Gasteiger partial charge in [0.2, 0.25) is 10.0 Å². The Morgan fingerprint density at radius 3 is 2.33 bits per heavy atom. The lowest BCUT2D eigenvalue weighted by Gasteiger charge is -2.13. The first-order chi connectivity index (χ1) is 13.1. The first kappa shape index (κ1) is 20.7. The molecule has 146 valence electrons. The number of benzene rings is 2. The number of methoxy groups -OCH3 is 1. The second kappa shape index (κ2) is 10.5. The molecule has 0 aromatic heterocycles. The largest absolute Gasteiger partial charge is 0.496 e. The van der Waals surface area contributed by atoms with Crippen molar-refractivity contribution in [2.75, 3.05) is 33.8 Å². The molecule has 7 nitrogen and oxygen atoms in total. The lowest BCUT2D eigenvalue weighted by molar-refractivity contribution is 0.409. The molecule has 0 saturated carbocycles. The van der Waals surface area contributed by atoms with Gasteiger partial charge in [-0.25, -0.2) is 13.1 Å². The van der Waals surface area contributed by atoms with Gasteiger partial charge >= 0.3 is 0 Å². The minimum atomic E-state index is -3.49. The van der Waals surface area contributed by atoms with E-state index in [2.05, 4.69) is 20.3 Å². The van der Waals surface area contributed by atoms with Crippen LogP contribution in [0.2, 0.25) is 0 Å². The van der Waals surface area contributed by atoms with E-state index in [0.717, 1.165) is 17.7 Å². The molecule has 0 unspecified atom stereocenters. The Bertz CT molecular complexity index is 839. The average molecular weight is 391 g/mol. The van der Waals surface area contributed by atoms with E-state index in [1.165, 1.54) is 0 Å². The van der Waals surface area contributed by atoms with Crippen LogP contribution < -0.4 is 20.1 Å². The van der Waals surface area contributed by atoms with E-state index in [9.17, 15) is 8.42 Å². The number of nitrogens with zero attached hydrogens (tertiary/aromatic N) is 1. The summed E-state index contributed by atoms with van der Waals surface area (Å²) in [7, 11) is -0.161. The Labute approximate surface area is 160 Å². The lowest BCUT2D eigenvalue weighted by Crippen LogP contribution is -2.42. The lowest BCUT2D eigenvalue weighted by atomic mass is 10.1. The molecule has 27 heavy (non-hydrogen) atoms. The number of hydrogen-bond donors (Lipinski definition) is 3. The normalized spacial score (nSPS) is 11.9. The highest BCUT2D eigenvalue weighted by molar-refractivity contribution is 7.89. The van der Waals surface area contributed by atoms with Gasteiger partial charge in [-0.15, -0.1) is 0 Å². The summed E-state index contributed by atoms with van der Waals surface area (Å²) >= 11 is 0. The van der Waals surface area contributed by atoms with Crippen LogP contribution >= 0.6 is 0 Å². The average Bonchev–Trinajstić information content (AvgIpc) is 2.70. The molecular weight excluding hydrogens is 364 g/mol. The molecule has 0 atom stereocenters. The van der Waals surface area contributed by atoms with Gasteiger partial charge in [0.05, 0.1) is 12.0 Å². The smallest absolute Gasteiger partial charge is 0.240 e. The predicted octanol–water partition coefficient (Wildman–Crippen LogP) is 1.38. The molecule has 0 heterocycles. The van der Waals surface area contributed by atoms with E-state index in [-0.39, 0.29) is 11.4 Å². The summed E-state index contributed by atoms with van der Waals surface area (Å²) in [5.74, 6) is 1.47. The number of guanidine groups is 1. The van der Waals surface area contributed by atoms with Gasteiger partial charge in [0, 0.05) is 26.7 Å². The predicted molar refractivity (Wildman–Crippen MR) is 108 cm³/mol. The van der Waals surface area contributed by atoms with Crippen LogP contribution in [-0.2, 0) is 16.4 Å². The van der Waals surface area contributed by atoms with E-state index in [1.54, 1.807) is 44.5 Å². The van der Waals surface area contributed by atoms with Crippen molar-refractivity contribution in [2.45, 2.75) is 11.3 Å². The van der Waals surface area contributed by atoms with Crippen LogP contribution in [0.5, 0.6) is 5.75 Å². The number of hydrogen-bond acceptors (Lipinski definition) is 4. The molecule has 2 aromatic carbocycles. The highest BCUT2D eigenvalue weighted by atomic mass is 32.2. The molecule has 0 aliphatic carbocycles. The summed E-state index contributed by atoms with van der Waals surface area (Å²) in [6.45, 7) is 1.35. The number of rotatable bonds is 9. The summed E-state index contributed by atoms with van der Waals surface area (Å²) in [6, 6.07) is 16.2. The van der Waals surface area contributed by atoms with Gasteiger partial charge in [0.25, 0.3) is 0 Å². The highest BCUT2D eigenvalue weighted by Gasteiger charge is 2.12. The second-order valence-corrected chi connectivity index (χ2v) is 7.47. The van der Waals surface area contributed by atoms with E-state index >= 15 is 0 Å². The van der Waals surface area contributed by atoms with Crippen LogP contribution in [0.25, 0.3) is 0 Å². The Balaban J connectivity index is 1.73. The van der Waals surface area contributed by atoms with Gasteiger partial charge in [-0.05, 0) is 30.2 Å². The molecule has 0 saturated heterocycles. The molecule has 3 N–H and O–H groups in total. The van der Waals surface area contributed by atoms with Crippen molar-refractivity contribution < 1.29 is 13.2 Å². The zero-order valence-electron chi connectivity index (χ0n) is 15.6. The first-order valence-corrected chi connectivity index (χ1v) is 10.2. The van der Waals surface area contributed by atoms with Crippen LogP contribution in [0.4, 0.5) is 0 Å². The van der Waals surface area contributed by atoms with Gasteiger partial charge in [-0.2, -0.15) is 0 Å². The molecule has 0 aliphatic heterocycles. The van der Waals surface area contributed by atoms with E-state index < -0.39 is 10.0 Å². The third kappa shape index (κ3) is 6.58. The quantitative estimate of drug-likeness (QED) is 0.342. The Morgan fingerprint density at radius 2 is 1.63 bits per heavy atom. The van der Waals surface area contributed by atoms with Gasteiger partial charge in [-0.3, -0.25) is 4.99 Å². The maximum Gasteiger partial charge on any atom is 0.240 e. The first-order valence-electron chi connectivity index (χ1n) is 8.68. The molecule has 0 aliphatic rings. The fourth-order valence-electron chi connectivity index (χ4n) is 2.49. The van der Waals surface area contributed by atoms with Gasteiger partial charge in [0.1, 0.15) is 5.75 Å². The monoisotopic (exact) mass is 390 g/mol. The molecule has 8 heteroatoms. The minimum absolute atomic E-state index is 0.254. The Morgan fingerprint density at radius 1 is 0.963 bits per heavy atom. The molecular formula is C19H26N4O3S. The zero-order chi connectivity index (χ0) is 19.5. The topological polar surface area (TPSA) is 91.8 Å². The Hall–Kier alpha value is -2.58. The number of aliphatic imine (C=N–C) groups is 1. The van der Waals surface area contributed by atoms with Crippen LogP contribution in [0.1, 0.15) is 5.56 Å². The number of nitrogens with one attached hydrogen (secondary N) is 3. The van der Waals surface area contributed by atoms with Crippen molar-refractivity contribution in [3.05, 3.63) is 60.2 Å². The SMILES string of the molecule is CN=C(NCCNS(=O)(=O)c1ccccc1)NCCc1ccccc1OC. The second-order valence-electron chi connectivity index (χ2n) is 5.70. The molecule has 0 spiro atoms. The zero-order valence-corrected chi connectivity index (χ0v) is 16.4. The molecule has 0 bridgehead atoms.